The van der Waals surface area contributed by atoms with Crippen molar-refractivity contribution in [2.24, 2.45) is 5.92 Å². The highest BCUT2D eigenvalue weighted by Gasteiger charge is 2.31. The summed E-state index contributed by atoms with van der Waals surface area (Å²) in [5.41, 5.74) is 1.72. The molecular formula is C24H41IN2O4S. The molecule has 0 fully saturated rings. The fourth-order valence-corrected chi connectivity index (χ4v) is 5.36. The number of nitrogens with zero attached hydrogens (tertiary/aromatic N) is 1. The van der Waals surface area contributed by atoms with Gasteiger partial charge in [0, 0.05) is 44.5 Å². The fraction of sp³-hybridized carbons (Fsp3) is 0.750. The van der Waals surface area contributed by atoms with Crippen LogP contribution < -0.4 is 9.46 Å². The van der Waals surface area contributed by atoms with Crippen molar-refractivity contribution in [1.29, 1.82) is 0 Å². The summed E-state index contributed by atoms with van der Waals surface area (Å²) in [6, 6.07) is 4.02. The molecule has 0 radical (unpaired) electrons. The van der Waals surface area contributed by atoms with Crippen LogP contribution in [0.25, 0.3) is 0 Å². The second-order valence-electron chi connectivity index (χ2n) is 10.7. The van der Waals surface area contributed by atoms with Gasteiger partial charge in [0.2, 0.25) is 5.88 Å². The molecule has 0 aliphatic heterocycles. The first-order valence-electron chi connectivity index (χ1n) is 11.5. The third kappa shape index (κ3) is 7.94. The predicted molar refractivity (Wildman–Crippen MR) is 141 cm³/mol. The Morgan fingerprint density at radius 3 is 2.44 bits per heavy atom. The average Bonchev–Trinajstić information content (AvgIpc) is 2.67. The molecule has 0 spiro atoms. The predicted octanol–water partition coefficient (Wildman–Crippen LogP) is 5.31. The van der Waals surface area contributed by atoms with Crippen molar-refractivity contribution in [3.8, 4) is 5.88 Å². The summed E-state index contributed by atoms with van der Waals surface area (Å²) in [6.07, 6.45) is 5.20. The van der Waals surface area contributed by atoms with Crippen LogP contribution in [0.15, 0.2) is 12.1 Å². The summed E-state index contributed by atoms with van der Waals surface area (Å²) >= 11 is 2.08. The van der Waals surface area contributed by atoms with Crippen LogP contribution >= 0.6 is 21.2 Å². The van der Waals surface area contributed by atoms with Crippen LogP contribution in [0.5, 0.6) is 5.88 Å². The summed E-state index contributed by atoms with van der Waals surface area (Å²) in [5.74, 6) is 0.382. The van der Waals surface area contributed by atoms with Crippen LogP contribution in [0, 0.1) is 5.92 Å². The third-order valence-corrected chi connectivity index (χ3v) is 13.5. The van der Waals surface area contributed by atoms with Crippen LogP contribution in [-0.2, 0) is 23.2 Å². The molecule has 1 aromatic heterocycles. The monoisotopic (exact) mass is 580 g/mol. The number of esters is 1. The van der Waals surface area contributed by atoms with Crippen molar-refractivity contribution < 1.29 is 18.5 Å². The fourth-order valence-electron chi connectivity index (χ4n) is 3.84. The first-order chi connectivity index (χ1) is 14.7. The molecule has 8 heteroatoms. The minimum atomic E-state index is -2.61. The Morgan fingerprint density at radius 2 is 1.84 bits per heavy atom. The molecule has 1 unspecified atom stereocenters. The SMILES string of the molecule is COc1ccc2c(n1)[C@@H](CN[SH](=O)(I)C(C)(C)C)CCC(C(=O)OC(C)(C)C)CCCC2. The first kappa shape index (κ1) is 27.5. The van der Waals surface area contributed by atoms with E-state index in [4.69, 9.17) is 14.5 Å². The van der Waals surface area contributed by atoms with Crippen LogP contribution in [-0.4, -0.2) is 39.2 Å². The number of rotatable bonds is 5. The minimum absolute atomic E-state index is 0.0357. The van der Waals surface area contributed by atoms with E-state index in [1.807, 2.05) is 47.6 Å². The van der Waals surface area contributed by atoms with Gasteiger partial charge in [-0.3, -0.25) is 13.7 Å². The number of fused-ring (bicyclic) bond motifs is 1. The van der Waals surface area contributed by atoms with Crippen LogP contribution in [0.2, 0.25) is 0 Å². The van der Waals surface area contributed by atoms with Crippen molar-refractivity contribution >= 4 is 34.5 Å². The lowest BCUT2D eigenvalue weighted by Crippen LogP contribution is -2.43. The summed E-state index contributed by atoms with van der Waals surface area (Å²) in [4.78, 5) is 17.7. The van der Waals surface area contributed by atoms with Gasteiger partial charge < -0.3 is 9.47 Å². The maximum absolute atomic E-state index is 13.3. The van der Waals surface area contributed by atoms with Crippen molar-refractivity contribution in [2.45, 2.75) is 96.3 Å². The molecule has 6 nitrogen and oxygen atoms in total. The summed E-state index contributed by atoms with van der Waals surface area (Å²) < 4.78 is 27.4. The standard InChI is InChI=1S/C24H41IN2O4S/c1-23(2,3)31-22(28)18-11-9-8-10-17-14-15-20(30-7)27-21(17)19(13-12-18)16-26-32(25,29)24(4,5)6/h14-15,18-19,32H,8-13,16H2,1-7H3,(H,26,29)/t18?,19-/m1/s1. The van der Waals surface area contributed by atoms with Crippen molar-refractivity contribution in [1.82, 2.24) is 9.71 Å². The normalized spacial score (nSPS) is 21.4. The molecule has 0 saturated heterocycles. The van der Waals surface area contributed by atoms with Gasteiger partial charge in [-0.1, -0.05) is 12.5 Å². The van der Waals surface area contributed by atoms with Gasteiger partial charge in [0.25, 0.3) is 0 Å². The number of aryl methyl sites for hydroxylation is 1. The molecule has 0 amide bonds. The topological polar surface area (TPSA) is 77.5 Å². The number of hydrogen-bond acceptors (Lipinski definition) is 5. The Kier molecular flexibility index (Phi) is 9.56. The second kappa shape index (κ2) is 11.1. The van der Waals surface area contributed by atoms with Crippen molar-refractivity contribution in [3.05, 3.63) is 23.4 Å². The third-order valence-electron chi connectivity index (χ3n) is 5.84. The van der Waals surface area contributed by atoms with E-state index < -0.39 is 12.9 Å². The number of ether oxygens (including phenoxy) is 2. The number of carbonyl (C=O) groups is 1. The summed E-state index contributed by atoms with van der Waals surface area (Å²) in [5, 5.41) is 0. The zero-order valence-electron chi connectivity index (χ0n) is 20.7. The minimum Gasteiger partial charge on any atom is -0.481 e. The van der Waals surface area contributed by atoms with Crippen LogP contribution in [0.1, 0.15) is 90.8 Å². The zero-order valence-corrected chi connectivity index (χ0v) is 23.7. The molecule has 1 aromatic rings. The number of methoxy groups -OCH3 is 1. The lowest BCUT2D eigenvalue weighted by molar-refractivity contribution is -0.160. The Morgan fingerprint density at radius 1 is 1.16 bits per heavy atom. The smallest absolute Gasteiger partial charge is 0.309 e. The van der Waals surface area contributed by atoms with Crippen LogP contribution in [0.4, 0.5) is 0 Å². The van der Waals surface area contributed by atoms with E-state index in [-0.39, 0.29) is 22.6 Å². The summed E-state index contributed by atoms with van der Waals surface area (Å²) in [6.45, 7) is 12.3. The van der Waals surface area contributed by atoms with Gasteiger partial charge in [0.1, 0.15) is 5.60 Å². The first-order valence-corrected chi connectivity index (χ1v) is 16.0. The highest BCUT2D eigenvalue weighted by molar-refractivity contribution is 14.2. The molecule has 0 aromatic carbocycles. The highest BCUT2D eigenvalue weighted by Crippen LogP contribution is 2.34. The van der Waals surface area contributed by atoms with Gasteiger partial charge >= 0.3 is 5.97 Å². The Bertz CT molecular complexity index is 832. The number of nitrogens with one attached hydrogen (secondary N) is 1. The van der Waals surface area contributed by atoms with E-state index in [1.54, 1.807) is 7.11 Å². The van der Waals surface area contributed by atoms with E-state index >= 15 is 0 Å². The largest absolute Gasteiger partial charge is 0.481 e. The van der Waals surface area contributed by atoms with Crippen molar-refractivity contribution in [3.63, 3.8) is 0 Å². The molecule has 2 atom stereocenters. The van der Waals surface area contributed by atoms with E-state index in [0.717, 1.165) is 44.2 Å². The number of thiol groups is 1. The van der Waals surface area contributed by atoms with Crippen molar-refractivity contribution in [2.75, 3.05) is 13.7 Å². The van der Waals surface area contributed by atoms with Gasteiger partial charge in [-0.15, -0.1) is 0 Å². The van der Waals surface area contributed by atoms with Gasteiger partial charge in [-0.2, -0.15) is 0 Å². The maximum atomic E-state index is 13.3. The summed E-state index contributed by atoms with van der Waals surface area (Å²) in [7, 11) is -0.987. The molecule has 184 valence electrons. The van der Waals surface area contributed by atoms with E-state index in [9.17, 15) is 9.00 Å². The maximum Gasteiger partial charge on any atom is 0.309 e. The number of halogens is 1. The van der Waals surface area contributed by atoms with E-state index in [0.29, 0.717) is 12.4 Å². The van der Waals surface area contributed by atoms with Crippen LogP contribution in [0.3, 0.4) is 0 Å². The number of carbonyl (C=O) groups excluding carboxylic acids is 1. The highest BCUT2D eigenvalue weighted by atomic mass is 127. The number of aromatic nitrogens is 1. The van der Waals surface area contributed by atoms with E-state index in [2.05, 4.69) is 32.0 Å². The Balaban J connectivity index is 2.32. The van der Waals surface area contributed by atoms with E-state index in [1.165, 1.54) is 5.56 Å². The lowest BCUT2D eigenvalue weighted by Gasteiger charge is -2.34. The van der Waals surface area contributed by atoms with Gasteiger partial charge in [-0.25, -0.2) is 4.98 Å². The molecule has 0 saturated carbocycles. The zero-order chi connectivity index (χ0) is 24.2. The molecule has 0 bridgehead atoms. The second-order valence-corrected chi connectivity index (χ2v) is 17.5. The molecule has 1 aliphatic carbocycles. The molecular weight excluding hydrogens is 539 g/mol. The number of hydrogen-bond donors (Lipinski definition) is 2. The quantitative estimate of drug-likeness (QED) is 0.214. The average molecular weight is 581 g/mol. The Labute approximate surface area is 207 Å². The molecule has 1 N–H and O–H groups in total. The molecule has 32 heavy (non-hydrogen) atoms. The number of pyridine rings is 1. The Hall–Kier alpha value is -0.740. The molecule has 1 heterocycles. The van der Waals surface area contributed by atoms with Gasteiger partial charge in [-0.05, 0) is 86.5 Å². The molecule has 2 rings (SSSR count). The van der Waals surface area contributed by atoms with Gasteiger partial charge in [0.05, 0.1) is 18.7 Å². The molecule has 1 aliphatic rings. The van der Waals surface area contributed by atoms with Gasteiger partial charge in [0.15, 0.2) is 0 Å². The lowest BCUT2D eigenvalue weighted by atomic mass is 9.85.